The lowest BCUT2D eigenvalue weighted by Crippen LogP contribution is -2.49. The molecule has 3 heteroatoms. The largest absolute Gasteiger partial charge is 0.494 e. The Labute approximate surface area is 102 Å². The van der Waals surface area contributed by atoms with E-state index in [1.807, 2.05) is 30.3 Å². The minimum atomic E-state index is -0.155. The minimum Gasteiger partial charge on any atom is -0.494 e. The normalized spacial score (nSPS) is 35.1. The number of hydrogen-bond acceptors (Lipinski definition) is 3. The Hall–Kier alpha value is -1.06. The summed E-state index contributed by atoms with van der Waals surface area (Å²) in [5.74, 6) is 0.917. The number of nitrogens with two attached hydrogens (primary N) is 1. The van der Waals surface area contributed by atoms with Gasteiger partial charge in [0.1, 0.15) is 5.75 Å². The summed E-state index contributed by atoms with van der Waals surface area (Å²) in [6, 6.07) is 9.89. The van der Waals surface area contributed by atoms with Crippen molar-refractivity contribution in [3.8, 4) is 5.75 Å². The fourth-order valence-corrected chi connectivity index (χ4v) is 2.97. The van der Waals surface area contributed by atoms with Crippen LogP contribution >= 0.6 is 0 Å². The third kappa shape index (κ3) is 2.17. The molecule has 0 amide bonds. The first kappa shape index (κ1) is 11.1. The fourth-order valence-electron chi connectivity index (χ4n) is 2.97. The maximum Gasteiger partial charge on any atom is 0.119 e. The number of hydrogen-bond donors (Lipinski definition) is 1. The Kier molecular flexibility index (Phi) is 2.81. The highest BCUT2D eigenvalue weighted by molar-refractivity contribution is 5.21. The molecule has 1 aromatic carbocycles. The van der Waals surface area contributed by atoms with E-state index in [9.17, 15) is 0 Å². The lowest BCUT2D eigenvalue weighted by molar-refractivity contribution is 0.0800. The lowest BCUT2D eigenvalue weighted by Gasteiger charge is -2.30. The van der Waals surface area contributed by atoms with Gasteiger partial charge in [-0.1, -0.05) is 18.2 Å². The molecule has 0 aromatic heterocycles. The van der Waals surface area contributed by atoms with Crippen LogP contribution < -0.4 is 10.5 Å². The summed E-state index contributed by atoms with van der Waals surface area (Å²) in [6.07, 6.45) is 4.84. The molecule has 1 aromatic rings. The second kappa shape index (κ2) is 4.31. The van der Waals surface area contributed by atoms with Gasteiger partial charge in [-0.25, -0.2) is 0 Å². The first-order chi connectivity index (χ1) is 8.26. The van der Waals surface area contributed by atoms with Crippen LogP contribution in [-0.2, 0) is 4.74 Å². The van der Waals surface area contributed by atoms with Crippen LogP contribution in [0.2, 0.25) is 0 Å². The van der Waals surface area contributed by atoms with Crippen molar-refractivity contribution in [2.24, 2.45) is 5.73 Å². The predicted octanol–water partition coefficient (Wildman–Crippen LogP) is 2.10. The number of para-hydroxylation sites is 1. The molecule has 2 aliphatic heterocycles. The zero-order valence-corrected chi connectivity index (χ0v) is 9.97. The standard InChI is InChI=1S/C14H19NO2/c15-14(10-12-6-7-13(14)17-12)8-9-16-11-4-2-1-3-5-11/h1-5,12-13H,6-10,15H2. The zero-order chi connectivity index (χ0) is 11.7. The van der Waals surface area contributed by atoms with E-state index in [0.29, 0.717) is 12.7 Å². The number of fused-ring (bicyclic) bond motifs is 2. The Morgan fingerprint density at radius 3 is 2.76 bits per heavy atom. The quantitative estimate of drug-likeness (QED) is 0.866. The van der Waals surface area contributed by atoms with E-state index in [2.05, 4.69) is 0 Å². The molecule has 0 radical (unpaired) electrons. The molecule has 92 valence electrons. The van der Waals surface area contributed by atoms with E-state index < -0.39 is 0 Å². The second-order valence-electron chi connectivity index (χ2n) is 5.17. The van der Waals surface area contributed by atoms with Gasteiger partial charge in [0.05, 0.1) is 18.8 Å². The van der Waals surface area contributed by atoms with Crippen LogP contribution in [-0.4, -0.2) is 24.4 Å². The maximum absolute atomic E-state index is 6.40. The molecule has 2 heterocycles. The van der Waals surface area contributed by atoms with Gasteiger partial charge in [-0.05, 0) is 31.4 Å². The summed E-state index contributed by atoms with van der Waals surface area (Å²) >= 11 is 0. The van der Waals surface area contributed by atoms with Gasteiger partial charge < -0.3 is 15.2 Å². The van der Waals surface area contributed by atoms with Crippen molar-refractivity contribution < 1.29 is 9.47 Å². The summed E-state index contributed by atoms with van der Waals surface area (Å²) in [5.41, 5.74) is 6.25. The Bertz CT molecular complexity index is 381. The van der Waals surface area contributed by atoms with Crippen molar-refractivity contribution in [3.05, 3.63) is 30.3 Å². The van der Waals surface area contributed by atoms with Crippen LogP contribution in [0.15, 0.2) is 30.3 Å². The molecule has 2 aliphatic rings. The number of benzene rings is 1. The topological polar surface area (TPSA) is 44.5 Å². The van der Waals surface area contributed by atoms with Crippen LogP contribution in [0.4, 0.5) is 0 Å². The van der Waals surface area contributed by atoms with Gasteiger partial charge in [-0.2, -0.15) is 0 Å². The zero-order valence-electron chi connectivity index (χ0n) is 9.97. The monoisotopic (exact) mass is 233 g/mol. The van der Waals surface area contributed by atoms with Gasteiger partial charge in [-0.3, -0.25) is 0 Å². The van der Waals surface area contributed by atoms with Crippen LogP contribution in [0.3, 0.4) is 0 Å². The van der Waals surface area contributed by atoms with Crippen molar-refractivity contribution in [2.75, 3.05) is 6.61 Å². The van der Waals surface area contributed by atoms with E-state index in [4.69, 9.17) is 15.2 Å². The SMILES string of the molecule is NC1(CCOc2ccccc2)CC2CCC1O2. The molecular weight excluding hydrogens is 214 g/mol. The van der Waals surface area contributed by atoms with Gasteiger partial charge >= 0.3 is 0 Å². The first-order valence-electron chi connectivity index (χ1n) is 6.38. The molecule has 3 rings (SSSR count). The molecule has 2 saturated heterocycles. The van der Waals surface area contributed by atoms with Gasteiger partial charge in [0.2, 0.25) is 0 Å². The fraction of sp³-hybridized carbons (Fsp3) is 0.571. The summed E-state index contributed by atoms with van der Waals surface area (Å²) in [7, 11) is 0. The van der Waals surface area contributed by atoms with E-state index in [-0.39, 0.29) is 11.6 Å². The predicted molar refractivity (Wildman–Crippen MR) is 66.0 cm³/mol. The molecule has 2 bridgehead atoms. The van der Waals surface area contributed by atoms with Crippen molar-refractivity contribution >= 4 is 0 Å². The summed E-state index contributed by atoms with van der Waals surface area (Å²) in [6.45, 7) is 0.674. The molecular formula is C14H19NO2. The highest BCUT2D eigenvalue weighted by Gasteiger charge is 2.49. The molecule has 0 aliphatic carbocycles. The summed E-state index contributed by atoms with van der Waals surface area (Å²) in [5, 5.41) is 0. The van der Waals surface area contributed by atoms with Gasteiger partial charge in [0, 0.05) is 12.0 Å². The molecule has 2 fully saturated rings. The molecule has 3 unspecified atom stereocenters. The van der Waals surface area contributed by atoms with Gasteiger partial charge in [0.15, 0.2) is 0 Å². The lowest BCUT2D eigenvalue weighted by atomic mass is 9.80. The Morgan fingerprint density at radius 1 is 1.29 bits per heavy atom. The van der Waals surface area contributed by atoms with Gasteiger partial charge in [0.25, 0.3) is 0 Å². The molecule has 0 spiro atoms. The molecule has 0 saturated carbocycles. The molecule has 17 heavy (non-hydrogen) atoms. The minimum absolute atomic E-state index is 0.155. The second-order valence-corrected chi connectivity index (χ2v) is 5.17. The van der Waals surface area contributed by atoms with Crippen LogP contribution in [0.25, 0.3) is 0 Å². The number of ether oxygens (including phenoxy) is 2. The first-order valence-corrected chi connectivity index (χ1v) is 6.38. The van der Waals surface area contributed by atoms with Crippen molar-refractivity contribution in [2.45, 2.75) is 43.4 Å². The van der Waals surface area contributed by atoms with Crippen LogP contribution in [0.1, 0.15) is 25.7 Å². The third-order valence-electron chi connectivity index (χ3n) is 3.94. The third-order valence-corrected chi connectivity index (χ3v) is 3.94. The highest BCUT2D eigenvalue weighted by Crippen LogP contribution is 2.41. The number of rotatable bonds is 4. The van der Waals surface area contributed by atoms with E-state index >= 15 is 0 Å². The summed E-state index contributed by atoms with van der Waals surface area (Å²) in [4.78, 5) is 0. The van der Waals surface area contributed by atoms with Gasteiger partial charge in [-0.15, -0.1) is 0 Å². The smallest absolute Gasteiger partial charge is 0.119 e. The van der Waals surface area contributed by atoms with Crippen molar-refractivity contribution in [1.29, 1.82) is 0 Å². The van der Waals surface area contributed by atoms with Crippen LogP contribution in [0, 0.1) is 0 Å². The van der Waals surface area contributed by atoms with E-state index in [1.54, 1.807) is 0 Å². The van der Waals surface area contributed by atoms with Crippen molar-refractivity contribution in [1.82, 2.24) is 0 Å². The van der Waals surface area contributed by atoms with Crippen molar-refractivity contribution in [3.63, 3.8) is 0 Å². The Morgan fingerprint density at radius 2 is 2.12 bits per heavy atom. The highest BCUT2D eigenvalue weighted by atomic mass is 16.5. The molecule has 3 nitrogen and oxygen atoms in total. The molecule has 2 N–H and O–H groups in total. The van der Waals surface area contributed by atoms with E-state index in [1.165, 1.54) is 6.42 Å². The van der Waals surface area contributed by atoms with Crippen LogP contribution in [0.5, 0.6) is 5.75 Å². The summed E-state index contributed by atoms with van der Waals surface area (Å²) < 4.78 is 11.5. The molecule has 3 atom stereocenters. The Balaban J connectivity index is 1.52. The van der Waals surface area contributed by atoms with E-state index in [0.717, 1.165) is 25.0 Å². The maximum atomic E-state index is 6.40. The average molecular weight is 233 g/mol. The average Bonchev–Trinajstić information content (AvgIpc) is 2.90.